The number of hydrogen-bond acceptors (Lipinski definition) is 4. The van der Waals surface area contributed by atoms with E-state index < -0.39 is 10.0 Å². The summed E-state index contributed by atoms with van der Waals surface area (Å²) in [5.74, 6) is 0.208. The molecular formula is C8H12N2O3S. The van der Waals surface area contributed by atoms with Gasteiger partial charge < -0.3 is 10.5 Å². The second-order valence-electron chi connectivity index (χ2n) is 2.90. The first-order valence-electron chi connectivity index (χ1n) is 3.83. The van der Waals surface area contributed by atoms with Gasteiger partial charge >= 0.3 is 0 Å². The zero-order chi connectivity index (χ0) is 10.9. The lowest BCUT2D eigenvalue weighted by Crippen LogP contribution is -2.14. The number of sulfonamides is 1. The number of anilines is 1. The van der Waals surface area contributed by atoms with Crippen molar-refractivity contribution in [1.29, 1.82) is 0 Å². The Balaban J connectivity index is 3.51. The van der Waals surface area contributed by atoms with Crippen LogP contribution in [0.2, 0.25) is 0 Å². The summed E-state index contributed by atoms with van der Waals surface area (Å²) in [5.41, 5.74) is 6.68. The van der Waals surface area contributed by atoms with E-state index >= 15 is 0 Å². The highest BCUT2D eigenvalue weighted by Gasteiger charge is 2.16. The topological polar surface area (TPSA) is 95.4 Å². The largest absolute Gasteiger partial charge is 0.495 e. The first kappa shape index (κ1) is 10.8. The van der Waals surface area contributed by atoms with Gasteiger partial charge in [-0.1, -0.05) is 0 Å². The number of rotatable bonds is 2. The fraction of sp³-hybridized carbons (Fsp3) is 0.250. The third-order valence-corrected chi connectivity index (χ3v) is 2.79. The van der Waals surface area contributed by atoms with Gasteiger partial charge in [-0.2, -0.15) is 0 Å². The minimum Gasteiger partial charge on any atom is -0.495 e. The van der Waals surface area contributed by atoms with Crippen LogP contribution >= 0.6 is 0 Å². The van der Waals surface area contributed by atoms with Gasteiger partial charge in [0.05, 0.1) is 7.11 Å². The van der Waals surface area contributed by atoms with Crippen LogP contribution in [0.15, 0.2) is 17.0 Å². The van der Waals surface area contributed by atoms with Gasteiger partial charge in [-0.15, -0.1) is 0 Å². The minimum absolute atomic E-state index is 0.0944. The van der Waals surface area contributed by atoms with Crippen molar-refractivity contribution < 1.29 is 13.2 Å². The van der Waals surface area contributed by atoms with E-state index in [9.17, 15) is 8.42 Å². The molecule has 0 radical (unpaired) electrons. The van der Waals surface area contributed by atoms with Gasteiger partial charge in [0.25, 0.3) is 0 Å². The standard InChI is InChI=1S/C8H12N2O3S/c1-5-3-7(13-2)8(4-6(5)9)14(10,11)12/h3-4H,9H2,1-2H3,(H2,10,11,12). The number of nitrogen functional groups attached to an aromatic ring is 1. The molecule has 0 bridgehead atoms. The van der Waals surface area contributed by atoms with Crippen LogP contribution in [0, 0.1) is 6.92 Å². The van der Waals surface area contributed by atoms with Crippen molar-refractivity contribution >= 4 is 15.7 Å². The van der Waals surface area contributed by atoms with Crippen molar-refractivity contribution in [3.8, 4) is 5.75 Å². The zero-order valence-electron chi connectivity index (χ0n) is 7.94. The first-order chi connectivity index (χ1) is 6.36. The molecule has 1 aromatic carbocycles. The normalized spacial score (nSPS) is 11.4. The molecule has 0 aliphatic carbocycles. The number of nitrogens with two attached hydrogens (primary N) is 2. The minimum atomic E-state index is -3.79. The van der Waals surface area contributed by atoms with Gasteiger partial charge in [0.15, 0.2) is 0 Å². The van der Waals surface area contributed by atoms with E-state index in [-0.39, 0.29) is 10.6 Å². The maximum Gasteiger partial charge on any atom is 0.241 e. The maximum absolute atomic E-state index is 11.1. The molecule has 0 heterocycles. The van der Waals surface area contributed by atoms with E-state index in [1.54, 1.807) is 6.92 Å². The molecule has 5 nitrogen and oxygen atoms in total. The van der Waals surface area contributed by atoms with Crippen molar-refractivity contribution in [2.24, 2.45) is 5.14 Å². The summed E-state index contributed by atoms with van der Waals surface area (Å²) in [5, 5.41) is 4.99. The highest BCUT2D eigenvalue weighted by atomic mass is 32.2. The Morgan fingerprint density at radius 2 is 1.93 bits per heavy atom. The van der Waals surface area contributed by atoms with E-state index in [1.165, 1.54) is 19.2 Å². The van der Waals surface area contributed by atoms with Crippen LogP contribution in [0.4, 0.5) is 5.69 Å². The fourth-order valence-corrected chi connectivity index (χ4v) is 1.77. The predicted molar refractivity (Wildman–Crippen MR) is 53.5 cm³/mol. The van der Waals surface area contributed by atoms with E-state index in [1.807, 2.05) is 0 Å². The Hall–Kier alpha value is -1.27. The maximum atomic E-state index is 11.1. The molecule has 0 fully saturated rings. The lowest BCUT2D eigenvalue weighted by atomic mass is 10.2. The molecule has 0 spiro atoms. The molecule has 6 heteroatoms. The zero-order valence-corrected chi connectivity index (χ0v) is 8.76. The van der Waals surface area contributed by atoms with Gasteiger partial charge in [0, 0.05) is 5.69 Å². The molecule has 1 rings (SSSR count). The van der Waals surface area contributed by atoms with E-state index in [0.717, 1.165) is 5.56 Å². The van der Waals surface area contributed by atoms with Crippen LogP contribution in [-0.2, 0) is 10.0 Å². The number of methoxy groups -OCH3 is 1. The van der Waals surface area contributed by atoms with Crippen molar-refractivity contribution in [3.63, 3.8) is 0 Å². The Kier molecular flexibility index (Phi) is 2.68. The summed E-state index contributed by atoms with van der Waals surface area (Å²) in [6.07, 6.45) is 0. The molecule has 0 unspecified atom stereocenters. The lowest BCUT2D eigenvalue weighted by Gasteiger charge is -2.09. The van der Waals surface area contributed by atoms with Crippen molar-refractivity contribution in [3.05, 3.63) is 17.7 Å². The van der Waals surface area contributed by atoms with Gasteiger partial charge in [0.2, 0.25) is 10.0 Å². The lowest BCUT2D eigenvalue weighted by molar-refractivity contribution is 0.402. The molecule has 1 aromatic rings. The van der Waals surface area contributed by atoms with Gasteiger partial charge in [0.1, 0.15) is 10.6 Å². The summed E-state index contributed by atoms with van der Waals surface area (Å²) >= 11 is 0. The average Bonchev–Trinajstić information content (AvgIpc) is 2.07. The van der Waals surface area contributed by atoms with Crippen molar-refractivity contribution in [1.82, 2.24) is 0 Å². The number of benzene rings is 1. The van der Waals surface area contributed by atoms with Crippen LogP contribution < -0.4 is 15.6 Å². The molecular weight excluding hydrogens is 204 g/mol. The van der Waals surface area contributed by atoms with Gasteiger partial charge in [-0.05, 0) is 24.6 Å². The summed E-state index contributed by atoms with van der Waals surface area (Å²) in [4.78, 5) is -0.0944. The van der Waals surface area contributed by atoms with Crippen LogP contribution in [0.3, 0.4) is 0 Å². The summed E-state index contributed by atoms with van der Waals surface area (Å²) in [6.45, 7) is 1.75. The molecule has 0 saturated carbocycles. The number of ether oxygens (including phenoxy) is 1. The molecule has 0 aromatic heterocycles. The highest BCUT2D eigenvalue weighted by molar-refractivity contribution is 7.89. The Morgan fingerprint density at radius 1 is 1.36 bits per heavy atom. The summed E-state index contributed by atoms with van der Waals surface area (Å²) in [6, 6.07) is 2.83. The quantitative estimate of drug-likeness (QED) is 0.692. The van der Waals surface area contributed by atoms with Crippen LogP contribution in [-0.4, -0.2) is 15.5 Å². The smallest absolute Gasteiger partial charge is 0.241 e. The SMILES string of the molecule is COc1cc(C)c(N)cc1S(N)(=O)=O. The summed E-state index contributed by atoms with van der Waals surface area (Å²) in [7, 11) is -2.42. The molecule has 0 saturated heterocycles. The first-order valence-corrected chi connectivity index (χ1v) is 5.38. The summed E-state index contributed by atoms with van der Waals surface area (Å²) < 4.78 is 27.1. The molecule has 0 aliphatic rings. The Labute approximate surface area is 82.7 Å². The number of hydrogen-bond donors (Lipinski definition) is 2. The van der Waals surface area contributed by atoms with E-state index in [0.29, 0.717) is 5.69 Å². The average molecular weight is 216 g/mol. The third-order valence-electron chi connectivity index (χ3n) is 1.86. The monoisotopic (exact) mass is 216 g/mol. The van der Waals surface area contributed by atoms with Gasteiger partial charge in [-0.25, -0.2) is 13.6 Å². The Bertz CT molecular complexity index is 454. The molecule has 78 valence electrons. The second kappa shape index (κ2) is 3.47. The van der Waals surface area contributed by atoms with E-state index in [2.05, 4.69) is 0 Å². The second-order valence-corrected chi connectivity index (χ2v) is 4.43. The van der Waals surface area contributed by atoms with Crippen molar-refractivity contribution in [2.45, 2.75) is 11.8 Å². The van der Waals surface area contributed by atoms with Gasteiger partial charge in [-0.3, -0.25) is 0 Å². The van der Waals surface area contributed by atoms with E-state index in [4.69, 9.17) is 15.6 Å². The van der Waals surface area contributed by atoms with Crippen molar-refractivity contribution in [2.75, 3.05) is 12.8 Å². The van der Waals surface area contributed by atoms with Crippen LogP contribution in [0.25, 0.3) is 0 Å². The molecule has 0 atom stereocenters. The fourth-order valence-electron chi connectivity index (χ4n) is 1.06. The highest BCUT2D eigenvalue weighted by Crippen LogP contribution is 2.27. The third kappa shape index (κ3) is 1.97. The Morgan fingerprint density at radius 3 is 2.36 bits per heavy atom. The molecule has 4 N–H and O–H groups in total. The predicted octanol–water partition coefficient (Wildman–Crippen LogP) is 0.233. The molecule has 0 amide bonds. The number of primary sulfonamides is 1. The van der Waals surface area contributed by atoms with Crippen LogP contribution in [0.1, 0.15) is 5.56 Å². The number of aryl methyl sites for hydroxylation is 1. The van der Waals surface area contributed by atoms with Crippen LogP contribution in [0.5, 0.6) is 5.75 Å². The molecule has 14 heavy (non-hydrogen) atoms. The molecule has 0 aliphatic heterocycles.